The fourth-order valence-corrected chi connectivity index (χ4v) is 14.6. The molecule has 20 heavy (non-hydrogen) atoms. The Bertz CT molecular complexity index is 281. The molecule has 0 aromatic carbocycles. The van der Waals surface area contributed by atoms with Gasteiger partial charge in [0.25, 0.3) is 0 Å². The molecule has 118 valence electrons. The van der Waals surface area contributed by atoms with Crippen LogP contribution in [0.5, 0.6) is 0 Å². The van der Waals surface area contributed by atoms with E-state index in [9.17, 15) is 0 Å². The van der Waals surface area contributed by atoms with Crippen molar-refractivity contribution < 1.29 is 17.3 Å². The average molecular weight is 382 g/mol. The van der Waals surface area contributed by atoms with E-state index < -0.39 is 5.14 Å². The molecule has 0 nitrogen and oxygen atoms in total. The Morgan fingerprint density at radius 2 is 0.700 bits per heavy atom. The summed E-state index contributed by atoms with van der Waals surface area (Å²) in [6.45, 7) is 0. The van der Waals surface area contributed by atoms with Gasteiger partial charge in [-0.3, -0.25) is 0 Å². The second kappa shape index (κ2) is 7.55. The molecule has 0 aromatic heterocycles. The molecule has 0 N–H and O–H groups in total. The molecule has 2 heteroatoms. The minimum absolute atomic E-state index is 0.766. The predicted octanol–water partition coefficient (Wildman–Crippen LogP) is 6.46. The summed E-state index contributed by atoms with van der Waals surface area (Å²) in [7, 11) is 0. The molecule has 0 heterocycles. The van der Waals surface area contributed by atoms with Crippen molar-refractivity contribution in [2.45, 2.75) is 113 Å². The Hall–Kier alpha value is 1.05. The van der Waals surface area contributed by atoms with Gasteiger partial charge in [-0.05, 0) is 0 Å². The van der Waals surface area contributed by atoms with E-state index in [0.29, 0.717) is 0 Å². The molecule has 3 aliphatic rings. The van der Waals surface area contributed by atoms with Gasteiger partial charge in [0, 0.05) is 0 Å². The zero-order valence-electron chi connectivity index (χ0n) is 13.1. The summed E-state index contributed by atoms with van der Waals surface area (Å²) in [5, 5.41) is -0.766. The predicted molar refractivity (Wildman–Crippen MR) is 87.5 cm³/mol. The van der Waals surface area contributed by atoms with Crippen molar-refractivity contribution in [2.75, 3.05) is 0 Å². The van der Waals surface area contributed by atoms with Gasteiger partial charge in [0.2, 0.25) is 0 Å². The molecule has 3 saturated carbocycles. The van der Waals surface area contributed by atoms with Crippen molar-refractivity contribution in [3.05, 3.63) is 0 Å². The second-order valence-corrected chi connectivity index (χ2v) is 15.3. The van der Waals surface area contributed by atoms with Gasteiger partial charge < -0.3 is 0 Å². The number of rotatable bonds is 3. The molecule has 0 aromatic rings. The van der Waals surface area contributed by atoms with Crippen LogP contribution in [0.15, 0.2) is 0 Å². The van der Waals surface area contributed by atoms with E-state index >= 15 is 0 Å². The topological polar surface area (TPSA) is 0 Å². The van der Waals surface area contributed by atoms with Crippen LogP contribution in [0.4, 0.5) is 0 Å². The summed E-state index contributed by atoms with van der Waals surface area (Å²) >= 11 is 3.51. The van der Waals surface area contributed by atoms with E-state index in [2.05, 4.69) is 17.3 Å². The third-order valence-corrected chi connectivity index (χ3v) is 16.9. The van der Waals surface area contributed by atoms with Crippen molar-refractivity contribution in [3.63, 3.8) is 0 Å². The first-order valence-corrected chi connectivity index (χ1v) is 13.6. The quantitative estimate of drug-likeness (QED) is 0.388. The van der Waals surface area contributed by atoms with E-state index in [1.807, 2.05) is 0 Å². The summed E-state index contributed by atoms with van der Waals surface area (Å²) in [6, 6.07) is 0. The minimum atomic E-state index is -0.766. The van der Waals surface area contributed by atoms with Crippen LogP contribution in [0.3, 0.4) is 0 Å². The molecule has 3 aliphatic carbocycles. The van der Waals surface area contributed by atoms with Crippen molar-refractivity contribution in [3.8, 4) is 0 Å². The maximum absolute atomic E-state index is 3.51. The van der Waals surface area contributed by atoms with Crippen LogP contribution < -0.4 is 0 Å². The van der Waals surface area contributed by atoms with E-state index in [-0.39, 0.29) is 0 Å². The van der Waals surface area contributed by atoms with Crippen molar-refractivity contribution in [2.24, 2.45) is 0 Å². The molecular weight excluding hydrogens is 348 g/mol. The molecule has 0 bridgehead atoms. The van der Waals surface area contributed by atoms with Gasteiger partial charge in [-0.2, -0.15) is 0 Å². The first kappa shape index (κ1) is 15.9. The van der Waals surface area contributed by atoms with Gasteiger partial charge in [-0.1, -0.05) is 0 Å². The Kier molecular flexibility index (Phi) is 6.01. The van der Waals surface area contributed by atoms with Crippen LogP contribution >= 0.6 is 5.14 Å². The molecule has 0 atom stereocenters. The fraction of sp³-hybridized carbons (Fsp3) is 1.00. The molecule has 0 radical (unpaired) electrons. The number of hydrogen-bond acceptors (Lipinski definition) is 0. The van der Waals surface area contributed by atoms with Gasteiger partial charge in [0.1, 0.15) is 0 Å². The molecule has 3 rings (SSSR count). The molecule has 0 unspecified atom stereocenters. The van der Waals surface area contributed by atoms with E-state index in [4.69, 9.17) is 0 Å². The zero-order chi connectivity index (χ0) is 13.8. The van der Waals surface area contributed by atoms with Crippen LogP contribution in [-0.4, -0.2) is 17.0 Å². The van der Waals surface area contributed by atoms with Crippen LogP contribution in [0.25, 0.3) is 0 Å². The Labute approximate surface area is 135 Å². The Morgan fingerprint density at radius 1 is 0.450 bits per heavy atom. The molecule has 0 saturated heterocycles. The Morgan fingerprint density at radius 3 is 0.950 bits per heavy atom. The van der Waals surface area contributed by atoms with E-state index in [1.54, 1.807) is 77.0 Å². The van der Waals surface area contributed by atoms with Gasteiger partial charge in [-0.15, -0.1) is 0 Å². The molecule has 0 spiro atoms. The fourth-order valence-electron chi connectivity index (χ4n) is 5.31. The maximum atomic E-state index is 3.51. The van der Waals surface area contributed by atoms with Crippen LogP contribution in [-0.2, 0) is 17.3 Å². The summed E-state index contributed by atoms with van der Waals surface area (Å²) in [4.78, 5) is 0. The molecule has 0 amide bonds. The monoisotopic (exact) mass is 382 g/mol. The summed E-state index contributed by atoms with van der Waals surface area (Å²) in [6.07, 6.45) is 23.4. The normalized spacial score (nSPS) is 28.6. The van der Waals surface area contributed by atoms with Gasteiger partial charge in [0.15, 0.2) is 0 Å². The van der Waals surface area contributed by atoms with Crippen molar-refractivity contribution >= 4 is 5.14 Å². The van der Waals surface area contributed by atoms with Crippen LogP contribution in [0.2, 0.25) is 0 Å². The molecule has 3 fully saturated rings. The standard InChI is InChI=1S/C18H33P.Ru/c1-4-10-16(11-5-1)19(17-12-6-2-7-13-17)18-14-8-3-9-15-18;/h16-18H,1-15H2;. The first-order valence-electron chi connectivity index (χ1n) is 9.38. The van der Waals surface area contributed by atoms with Crippen molar-refractivity contribution in [1.82, 2.24) is 0 Å². The average Bonchev–Trinajstić information content (AvgIpc) is 2.56. The summed E-state index contributed by atoms with van der Waals surface area (Å²) in [5.74, 6) is 0. The summed E-state index contributed by atoms with van der Waals surface area (Å²) in [5.41, 5.74) is 3.46. The Balaban J connectivity index is 1.81. The van der Waals surface area contributed by atoms with Crippen molar-refractivity contribution in [1.29, 1.82) is 0 Å². The number of hydrogen-bond donors (Lipinski definition) is 0. The SMILES string of the molecule is [Ru]=[P](C1CCCCC1)(C1CCCCC1)C1CCCCC1. The van der Waals surface area contributed by atoms with Crippen LogP contribution in [0.1, 0.15) is 96.3 Å². The summed E-state index contributed by atoms with van der Waals surface area (Å²) < 4.78 is 0. The molecule has 0 aliphatic heterocycles. The third kappa shape index (κ3) is 3.35. The van der Waals surface area contributed by atoms with Gasteiger partial charge in [0.05, 0.1) is 0 Å². The van der Waals surface area contributed by atoms with E-state index in [0.717, 1.165) is 17.0 Å². The van der Waals surface area contributed by atoms with Gasteiger partial charge in [-0.25, -0.2) is 0 Å². The van der Waals surface area contributed by atoms with E-state index in [1.165, 1.54) is 19.3 Å². The second-order valence-electron chi connectivity index (χ2n) is 7.60. The zero-order valence-corrected chi connectivity index (χ0v) is 15.8. The third-order valence-electron chi connectivity index (χ3n) is 6.38. The molecular formula is C18H33PRu. The van der Waals surface area contributed by atoms with Gasteiger partial charge >= 0.3 is 136 Å². The first-order chi connectivity index (χ1) is 9.82. The van der Waals surface area contributed by atoms with Crippen LogP contribution in [0, 0.1) is 0 Å².